The first-order chi connectivity index (χ1) is 6.13. The maximum absolute atomic E-state index is 5.44. The van der Waals surface area contributed by atoms with E-state index in [-0.39, 0.29) is 0 Å². The van der Waals surface area contributed by atoms with Gasteiger partial charge in [-0.2, -0.15) is 9.89 Å². The minimum Gasteiger partial charge on any atom is -0.386 e. The Morgan fingerprint density at radius 3 is 2.77 bits per heavy atom. The van der Waals surface area contributed by atoms with Gasteiger partial charge in [0.1, 0.15) is 0 Å². The van der Waals surface area contributed by atoms with Crippen molar-refractivity contribution in [1.29, 1.82) is 0 Å². The van der Waals surface area contributed by atoms with Crippen molar-refractivity contribution in [3.8, 4) is 0 Å². The van der Waals surface area contributed by atoms with Crippen molar-refractivity contribution in [1.82, 2.24) is 20.1 Å². The van der Waals surface area contributed by atoms with Gasteiger partial charge in [-0.3, -0.25) is 0 Å². The van der Waals surface area contributed by atoms with Crippen molar-refractivity contribution in [2.24, 2.45) is 0 Å². The fraction of sp³-hybridized carbons (Fsp3) is 0.375. The van der Waals surface area contributed by atoms with E-state index in [1.54, 1.807) is 12.4 Å². The molecule has 13 heavy (non-hydrogen) atoms. The van der Waals surface area contributed by atoms with Crippen molar-refractivity contribution in [2.75, 3.05) is 27.0 Å². The highest BCUT2D eigenvalue weighted by Gasteiger charge is 2.01. The van der Waals surface area contributed by atoms with Crippen LogP contribution in [0.15, 0.2) is 18.6 Å². The third-order valence-corrected chi connectivity index (χ3v) is 1.57. The number of aromatic nitrogens is 2. The van der Waals surface area contributed by atoms with Gasteiger partial charge in [0, 0.05) is 32.9 Å². The largest absolute Gasteiger partial charge is 0.386 e. The standard InChI is InChI=1S/C8H15N5/c1-10-8(6-12(2)3)7-4-11-13(9)5-7/h4-6,10H,9H2,1-3H3/b8-6-. The van der Waals surface area contributed by atoms with E-state index in [4.69, 9.17) is 5.84 Å². The molecule has 0 atom stereocenters. The van der Waals surface area contributed by atoms with Gasteiger partial charge in [-0.05, 0) is 0 Å². The molecule has 5 heteroatoms. The van der Waals surface area contributed by atoms with Crippen LogP contribution in [0.1, 0.15) is 5.56 Å². The number of hydrogen-bond acceptors (Lipinski definition) is 4. The summed E-state index contributed by atoms with van der Waals surface area (Å²) in [6, 6.07) is 0. The predicted molar refractivity (Wildman–Crippen MR) is 53.1 cm³/mol. The molecule has 1 aromatic heterocycles. The average Bonchev–Trinajstić information content (AvgIpc) is 2.47. The number of nitrogens with one attached hydrogen (secondary N) is 1. The summed E-state index contributed by atoms with van der Waals surface area (Å²) in [6.45, 7) is 0. The summed E-state index contributed by atoms with van der Waals surface area (Å²) >= 11 is 0. The van der Waals surface area contributed by atoms with Crippen LogP contribution in [0.5, 0.6) is 0 Å². The normalized spacial score (nSPS) is 11.5. The van der Waals surface area contributed by atoms with Gasteiger partial charge in [0.05, 0.1) is 18.1 Å². The minimum absolute atomic E-state index is 0.971. The highest BCUT2D eigenvalue weighted by molar-refractivity contribution is 5.61. The van der Waals surface area contributed by atoms with Gasteiger partial charge in [-0.25, -0.2) is 0 Å². The van der Waals surface area contributed by atoms with E-state index in [1.165, 1.54) is 4.79 Å². The molecule has 0 aliphatic carbocycles. The van der Waals surface area contributed by atoms with Gasteiger partial charge in [0.2, 0.25) is 0 Å². The van der Waals surface area contributed by atoms with E-state index in [1.807, 2.05) is 32.2 Å². The van der Waals surface area contributed by atoms with Crippen LogP contribution in [-0.2, 0) is 0 Å². The Hall–Kier alpha value is -1.65. The molecule has 1 heterocycles. The molecule has 0 amide bonds. The molecule has 5 nitrogen and oxygen atoms in total. The van der Waals surface area contributed by atoms with Crippen LogP contribution in [0.25, 0.3) is 5.70 Å². The molecule has 0 radical (unpaired) electrons. The van der Waals surface area contributed by atoms with Crippen molar-refractivity contribution < 1.29 is 0 Å². The summed E-state index contributed by atoms with van der Waals surface area (Å²) in [4.78, 5) is 3.25. The number of rotatable bonds is 3. The molecule has 1 aromatic rings. The number of nitrogens with two attached hydrogens (primary N) is 1. The Morgan fingerprint density at radius 1 is 1.69 bits per heavy atom. The van der Waals surface area contributed by atoms with Crippen LogP contribution in [0.2, 0.25) is 0 Å². The summed E-state index contributed by atoms with van der Waals surface area (Å²) in [5, 5.41) is 6.96. The van der Waals surface area contributed by atoms with Crippen LogP contribution >= 0.6 is 0 Å². The molecule has 0 unspecified atom stereocenters. The molecule has 3 N–H and O–H groups in total. The lowest BCUT2D eigenvalue weighted by atomic mass is 10.3. The van der Waals surface area contributed by atoms with Gasteiger partial charge in [0.15, 0.2) is 0 Å². The molecule has 0 saturated carbocycles. The molecule has 72 valence electrons. The van der Waals surface area contributed by atoms with E-state index in [2.05, 4.69) is 10.4 Å². The Labute approximate surface area is 77.8 Å². The van der Waals surface area contributed by atoms with E-state index in [0.717, 1.165) is 11.3 Å². The number of hydrogen-bond donors (Lipinski definition) is 2. The van der Waals surface area contributed by atoms with Gasteiger partial charge >= 0.3 is 0 Å². The Balaban J connectivity index is 2.90. The van der Waals surface area contributed by atoms with Crippen LogP contribution < -0.4 is 11.2 Å². The zero-order valence-electron chi connectivity index (χ0n) is 8.15. The fourth-order valence-electron chi connectivity index (χ4n) is 1.02. The summed E-state index contributed by atoms with van der Waals surface area (Å²) in [5.41, 5.74) is 1.96. The highest BCUT2D eigenvalue weighted by atomic mass is 15.5. The Bertz CT molecular complexity index is 299. The second kappa shape index (κ2) is 3.84. The van der Waals surface area contributed by atoms with Gasteiger partial charge in [-0.15, -0.1) is 0 Å². The predicted octanol–water partition coefficient (Wildman–Crippen LogP) is -0.324. The lowest BCUT2D eigenvalue weighted by Gasteiger charge is -2.09. The second-order valence-electron chi connectivity index (χ2n) is 2.97. The summed E-state index contributed by atoms with van der Waals surface area (Å²) < 4.78 is 0. The Morgan fingerprint density at radius 2 is 2.38 bits per heavy atom. The van der Waals surface area contributed by atoms with Crippen molar-refractivity contribution in [3.63, 3.8) is 0 Å². The molecular formula is C8H15N5. The molecule has 1 rings (SSSR count). The van der Waals surface area contributed by atoms with Gasteiger partial charge < -0.3 is 16.1 Å². The second-order valence-corrected chi connectivity index (χ2v) is 2.97. The molecule has 0 aliphatic rings. The first-order valence-corrected chi connectivity index (χ1v) is 3.99. The lowest BCUT2D eigenvalue weighted by molar-refractivity contribution is 0.563. The smallest absolute Gasteiger partial charge is 0.0605 e. The molecule has 0 aromatic carbocycles. The third kappa shape index (κ3) is 2.40. The van der Waals surface area contributed by atoms with E-state index in [9.17, 15) is 0 Å². The molecule has 0 spiro atoms. The molecule has 0 bridgehead atoms. The summed E-state index contributed by atoms with van der Waals surface area (Å²) in [7, 11) is 5.79. The maximum Gasteiger partial charge on any atom is 0.0605 e. The van der Waals surface area contributed by atoms with Gasteiger partial charge in [0.25, 0.3) is 0 Å². The SMILES string of the molecule is CN/C(=C\N(C)C)c1cnn(N)c1. The molecule has 0 aliphatic heterocycles. The van der Waals surface area contributed by atoms with Crippen molar-refractivity contribution >= 4 is 5.70 Å². The van der Waals surface area contributed by atoms with Crippen molar-refractivity contribution in [2.45, 2.75) is 0 Å². The first kappa shape index (κ1) is 9.44. The van der Waals surface area contributed by atoms with Gasteiger partial charge in [-0.1, -0.05) is 0 Å². The Kier molecular flexibility index (Phi) is 2.79. The topological polar surface area (TPSA) is 59.1 Å². The van der Waals surface area contributed by atoms with Crippen LogP contribution in [0.3, 0.4) is 0 Å². The lowest BCUT2D eigenvalue weighted by Crippen LogP contribution is -2.11. The van der Waals surface area contributed by atoms with Crippen LogP contribution in [0, 0.1) is 0 Å². The fourth-order valence-corrected chi connectivity index (χ4v) is 1.02. The first-order valence-electron chi connectivity index (χ1n) is 3.99. The van der Waals surface area contributed by atoms with E-state index >= 15 is 0 Å². The van der Waals surface area contributed by atoms with E-state index in [0.29, 0.717) is 0 Å². The minimum atomic E-state index is 0.971. The zero-order valence-corrected chi connectivity index (χ0v) is 8.15. The van der Waals surface area contributed by atoms with E-state index < -0.39 is 0 Å². The number of nitrogens with zero attached hydrogens (tertiary/aromatic N) is 3. The number of nitrogen functional groups attached to an aromatic ring is 1. The average molecular weight is 181 g/mol. The monoisotopic (exact) mass is 181 g/mol. The summed E-state index contributed by atoms with van der Waals surface area (Å²) in [5.74, 6) is 5.44. The molecular weight excluding hydrogens is 166 g/mol. The maximum atomic E-state index is 5.44. The molecule has 0 saturated heterocycles. The highest BCUT2D eigenvalue weighted by Crippen LogP contribution is 2.08. The van der Waals surface area contributed by atoms with Crippen LogP contribution in [-0.4, -0.2) is 35.9 Å². The summed E-state index contributed by atoms with van der Waals surface area (Å²) in [6.07, 6.45) is 5.44. The quantitative estimate of drug-likeness (QED) is 0.627. The third-order valence-electron chi connectivity index (χ3n) is 1.57. The molecule has 0 fully saturated rings. The van der Waals surface area contributed by atoms with Crippen molar-refractivity contribution in [3.05, 3.63) is 24.2 Å². The zero-order chi connectivity index (χ0) is 9.84. The van der Waals surface area contributed by atoms with Crippen LogP contribution in [0.4, 0.5) is 0 Å².